The fourth-order valence-electron chi connectivity index (χ4n) is 2.72. The average molecular weight is 352 g/mol. The van der Waals surface area contributed by atoms with Crippen molar-refractivity contribution in [3.8, 4) is 23.0 Å². The molecule has 4 aromatic rings. The van der Waals surface area contributed by atoms with E-state index in [-0.39, 0.29) is 5.95 Å². The van der Waals surface area contributed by atoms with Crippen molar-refractivity contribution < 1.29 is 13.9 Å². The summed E-state index contributed by atoms with van der Waals surface area (Å²) in [5.41, 5.74) is 8.38. The van der Waals surface area contributed by atoms with Gasteiger partial charge < -0.3 is 19.6 Å². The van der Waals surface area contributed by atoms with Gasteiger partial charge in [0.15, 0.2) is 28.4 Å². The lowest BCUT2D eigenvalue weighted by molar-refractivity contribution is 0.354. The summed E-state index contributed by atoms with van der Waals surface area (Å²) in [5.74, 6) is 1.98. The van der Waals surface area contributed by atoms with Gasteiger partial charge in [-0.15, -0.1) is 5.10 Å². The maximum Gasteiger partial charge on any atom is 0.222 e. The highest BCUT2D eigenvalue weighted by Gasteiger charge is 2.17. The molecule has 0 amide bonds. The van der Waals surface area contributed by atoms with Crippen LogP contribution in [0.4, 0.5) is 5.95 Å². The lowest BCUT2D eigenvalue weighted by Crippen LogP contribution is -2.05. The van der Waals surface area contributed by atoms with E-state index in [0.29, 0.717) is 40.7 Å². The fraction of sp³-hybridized carbons (Fsp3) is 0.176. The molecule has 1 aromatic carbocycles. The van der Waals surface area contributed by atoms with E-state index in [1.165, 1.54) is 0 Å². The molecule has 9 nitrogen and oxygen atoms in total. The second-order valence-electron chi connectivity index (χ2n) is 5.52. The number of hydrogen-bond acceptors (Lipinski definition) is 8. The van der Waals surface area contributed by atoms with Crippen LogP contribution in [0, 0.1) is 0 Å². The lowest BCUT2D eigenvalue weighted by Gasteiger charge is -2.09. The number of anilines is 1. The number of nitrogens with two attached hydrogens (primary N) is 1. The van der Waals surface area contributed by atoms with E-state index in [9.17, 15) is 0 Å². The Hall–Kier alpha value is -3.62. The normalized spacial score (nSPS) is 11.0. The fourth-order valence-corrected chi connectivity index (χ4v) is 2.72. The summed E-state index contributed by atoms with van der Waals surface area (Å²) in [4.78, 5) is 8.52. The zero-order chi connectivity index (χ0) is 18.1. The second kappa shape index (κ2) is 6.36. The lowest BCUT2D eigenvalue weighted by atomic mass is 10.2. The number of aromatic nitrogens is 5. The summed E-state index contributed by atoms with van der Waals surface area (Å²) in [6.07, 6.45) is 1.56. The van der Waals surface area contributed by atoms with Gasteiger partial charge in [0.05, 0.1) is 27.0 Å². The number of nitrogen functional groups attached to an aromatic ring is 1. The van der Waals surface area contributed by atoms with Gasteiger partial charge in [0.25, 0.3) is 0 Å². The Morgan fingerprint density at radius 3 is 2.69 bits per heavy atom. The van der Waals surface area contributed by atoms with Crippen LogP contribution in [0.2, 0.25) is 0 Å². The van der Waals surface area contributed by atoms with Crippen molar-refractivity contribution in [3.63, 3.8) is 0 Å². The van der Waals surface area contributed by atoms with Crippen LogP contribution in [0.5, 0.6) is 11.5 Å². The third kappa shape index (κ3) is 2.69. The molecule has 0 saturated carbocycles. The molecule has 0 aliphatic carbocycles. The molecule has 0 unspecified atom stereocenters. The van der Waals surface area contributed by atoms with Crippen LogP contribution in [0.15, 0.2) is 41.0 Å². The Labute approximate surface area is 148 Å². The Morgan fingerprint density at radius 2 is 1.96 bits per heavy atom. The number of nitrogens with zero attached hydrogens (tertiary/aromatic N) is 5. The standard InChI is InChI=1S/C17H16N6O3/c1-24-11-6-5-10(8-13(11)25-2)9-23-16-15(21-22-23)14(19-17(18)20-16)12-4-3-7-26-12/h3-8H,9H2,1-2H3,(H2,18,19,20). The third-order valence-electron chi connectivity index (χ3n) is 3.91. The molecule has 0 spiro atoms. The first kappa shape index (κ1) is 15.9. The maximum absolute atomic E-state index is 5.87. The molecule has 0 saturated heterocycles. The summed E-state index contributed by atoms with van der Waals surface area (Å²) in [5, 5.41) is 8.40. The van der Waals surface area contributed by atoms with Crippen LogP contribution in [-0.2, 0) is 6.54 Å². The minimum absolute atomic E-state index is 0.125. The first-order valence-electron chi connectivity index (χ1n) is 7.81. The van der Waals surface area contributed by atoms with Crippen molar-refractivity contribution in [2.75, 3.05) is 20.0 Å². The molecule has 3 heterocycles. The SMILES string of the molecule is COc1ccc(Cn2nnc3c(-c4ccco4)nc(N)nc32)cc1OC. The molecule has 9 heteroatoms. The number of hydrogen-bond donors (Lipinski definition) is 1. The van der Waals surface area contributed by atoms with Gasteiger partial charge in [0.2, 0.25) is 5.95 Å². The predicted octanol–water partition coefficient (Wildman–Crippen LogP) is 2.13. The number of furan rings is 1. The highest BCUT2D eigenvalue weighted by Crippen LogP contribution is 2.29. The Balaban J connectivity index is 1.77. The van der Waals surface area contributed by atoms with Gasteiger partial charge in [0, 0.05) is 0 Å². The zero-order valence-electron chi connectivity index (χ0n) is 14.2. The molecule has 26 heavy (non-hydrogen) atoms. The van der Waals surface area contributed by atoms with Crippen LogP contribution in [0.25, 0.3) is 22.6 Å². The van der Waals surface area contributed by atoms with E-state index >= 15 is 0 Å². The van der Waals surface area contributed by atoms with Crippen molar-refractivity contribution in [1.29, 1.82) is 0 Å². The highest BCUT2D eigenvalue weighted by atomic mass is 16.5. The zero-order valence-corrected chi connectivity index (χ0v) is 14.2. The summed E-state index contributed by atoms with van der Waals surface area (Å²) in [6, 6.07) is 9.20. The topological polar surface area (TPSA) is 114 Å². The number of benzene rings is 1. The molecule has 0 bridgehead atoms. The van der Waals surface area contributed by atoms with E-state index in [1.807, 2.05) is 18.2 Å². The summed E-state index contributed by atoms with van der Waals surface area (Å²) >= 11 is 0. The third-order valence-corrected chi connectivity index (χ3v) is 3.91. The minimum atomic E-state index is 0.125. The Kier molecular flexibility index (Phi) is 3.88. The molecule has 2 N–H and O–H groups in total. The van der Waals surface area contributed by atoms with Crippen LogP contribution in [-0.4, -0.2) is 39.2 Å². The van der Waals surface area contributed by atoms with E-state index < -0.39 is 0 Å². The van der Waals surface area contributed by atoms with Gasteiger partial charge in [-0.2, -0.15) is 4.98 Å². The number of rotatable bonds is 5. The van der Waals surface area contributed by atoms with Gasteiger partial charge in [-0.05, 0) is 29.8 Å². The minimum Gasteiger partial charge on any atom is -0.493 e. The van der Waals surface area contributed by atoms with Gasteiger partial charge in [-0.1, -0.05) is 11.3 Å². The summed E-state index contributed by atoms with van der Waals surface area (Å²) < 4.78 is 17.7. The van der Waals surface area contributed by atoms with E-state index in [2.05, 4.69) is 20.3 Å². The molecule has 0 radical (unpaired) electrons. The van der Waals surface area contributed by atoms with E-state index in [1.54, 1.807) is 37.3 Å². The first-order chi connectivity index (χ1) is 12.7. The van der Waals surface area contributed by atoms with Gasteiger partial charge >= 0.3 is 0 Å². The van der Waals surface area contributed by atoms with Crippen molar-refractivity contribution >= 4 is 17.1 Å². The highest BCUT2D eigenvalue weighted by molar-refractivity contribution is 5.85. The molecule has 0 aliphatic heterocycles. The monoisotopic (exact) mass is 352 g/mol. The van der Waals surface area contributed by atoms with E-state index in [4.69, 9.17) is 19.6 Å². The van der Waals surface area contributed by atoms with Gasteiger partial charge in [-0.3, -0.25) is 0 Å². The molecular formula is C17H16N6O3. The van der Waals surface area contributed by atoms with Crippen LogP contribution < -0.4 is 15.2 Å². The number of methoxy groups -OCH3 is 2. The predicted molar refractivity (Wildman–Crippen MR) is 93.9 cm³/mol. The van der Waals surface area contributed by atoms with Gasteiger partial charge in [0.1, 0.15) is 5.69 Å². The van der Waals surface area contributed by atoms with Crippen molar-refractivity contribution in [2.45, 2.75) is 6.54 Å². The molecular weight excluding hydrogens is 336 g/mol. The molecule has 4 rings (SSSR count). The Morgan fingerprint density at radius 1 is 1.12 bits per heavy atom. The molecule has 0 atom stereocenters. The van der Waals surface area contributed by atoms with E-state index in [0.717, 1.165) is 5.56 Å². The van der Waals surface area contributed by atoms with Crippen molar-refractivity contribution in [1.82, 2.24) is 25.0 Å². The Bertz CT molecular complexity index is 1060. The molecule has 0 aliphatic rings. The molecule has 132 valence electrons. The second-order valence-corrected chi connectivity index (χ2v) is 5.52. The number of fused-ring (bicyclic) bond motifs is 1. The van der Waals surface area contributed by atoms with Crippen molar-refractivity contribution in [3.05, 3.63) is 42.2 Å². The van der Waals surface area contributed by atoms with Crippen LogP contribution in [0.3, 0.4) is 0 Å². The summed E-state index contributed by atoms with van der Waals surface area (Å²) in [7, 11) is 3.19. The van der Waals surface area contributed by atoms with Crippen LogP contribution >= 0.6 is 0 Å². The molecule has 3 aromatic heterocycles. The first-order valence-corrected chi connectivity index (χ1v) is 7.81. The smallest absolute Gasteiger partial charge is 0.222 e. The number of ether oxygens (including phenoxy) is 2. The summed E-state index contributed by atoms with van der Waals surface area (Å²) in [6.45, 7) is 0.435. The van der Waals surface area contributed by atoms with Crippen LogP contribution in [0.1, 0.15) is 5.56 Å². The molecule has 0 fully saturated rings. The maximum atomic E-state index is 5.87. The largest absolute Gasteiger partial charge is 0.493 e. The van der Waals surface area contributed by atoms with Gasteiger partial charge in [-0.25, -0.2) is 9.67 Å². The quantitative estimate of drug-likeness (QED) is 0.581. The average Bonchev–Trinajstić information content (AvgIpc) is 3.32. The van der Waals surface area contributed by atoms with Crippen molar-refractivity contribution in [2.24, 2.45) is 0 Å².